The normalized spacial score (nSPS) is 10.9. The zero-order chi connectivity index (χ0) is 18.0. The summed E-state index contributed by atoms with van der Waals surface area (Å²) in [4.78, 5) is 17.4. The van der Waals surface area contributed by atoms with Crippen molar-refractivity contribution in [1.29, 1.82) is 0 Å². The van der Waals surface area contributed by atoms with Crippen molar-refractivity contribution in [2.75, 3.05) is 11.9 Å². The Bertz CT molecular complexity index is 937. The molecule has 3 rings (SSSR count). The van der Waals surface area contributed by atoms with E-state index in [1.807, 2.05) is 25.1 Å². The Morgan fingerprint density at radius 3 is 2.80 bits per heavy atom. The lowest BCUT2D eigenvalue weighted by atomic mass is 10.1. The van der Waals surface area contributed by atoms with Gasteiger partial charge >= 0.3 is 0 Å². The molecule has 0 unspecified atom stereocenters. The first kappa shape index (κ1) is 16.9. The molecule has 6 nitrogen and oxygen atoms in total. The van der Waals surface area contributed by atoms with Crippen molar-refractivity contribution >= 4 is 28.2 Å². The molecule has 0 aliphatic carbocycles. The van der Waals surface area contributed by atoms with E-state index in [0.29, 0.717) is 23.4 Å². The van der Waals surface area contributed by atoms with Gasteiger partial charge in [-0.2, -0.15) is 0 Å². The van der Waals surface area contributed by atoms with Gasteiger partial charge in [-0.25, -0.2) is 9.87 Å². The SMILES string of the molecule is CCONC(=O)c1cc2c(C)onc2c(F)c1Nc1ccccc1C. The van der Waals surface area contributed by atoms with Crippen molar-refractivity contribution in [1.82, 2.24) is 10.6 Å². The van der Waals surface area contributed by atoms with E-state index in [2.05, 4.69) is 16.0 Å². The number of carbonyl (C=O) groups excluding carboxylic acids is 1. The molecule has 0 aliphatic heterocycles. The molecule has 130 valence electrons. The van der Waals surface area contributed by atoms with Gasteiger partial charge in [0.2, 0.25) is 0 Å². The van der Waals surface area contributed by atoms with E-state index >= 15 is 4.39 Å². The Balaban J connectivity index is 2.15. The van der Waals surface area contributed by atoms with Crippen molar-refractivity contribution in [2.24, 2.45) is 0 Å². The summed E-state index contributed by atoms with van der Waals surface area (Å²) in [6, 6.07) is 8.94. The fourth-order valence-corrected chi connectivity index (χ4v) is 2.50. The first-order valence-corrected chi connectivity index (χ1v) is 7.86. The molecule has 2 aromatic carbocycles. The molecular formula is C18H18FN3O3. The third kappa shape index (κ3) is 3.18. The number of rotatable bonds is 5. The number of benzene rings is 2. The predicted octanol–water partition coefficient (Wildman–Crippen LogP) is 4.01. The summed E-state index contributed by atoms with van der Waals surface area (Å²) in [6.45, 7) is 5.58. The van der Waals surface area contributed by atoms with Gasteiger partial charge in [-0.1, -0.05) is 23.4 Å². The minimum atomic E-state index is -0.653. The first-order chi connectivity index (χ1) is 12.0. The van der Waals surface area contributed by atoms with E-state index in [-0.39, 0.29) is 16.8 Å². The maximum Gasteiger partial charge on any atom is 0.277 e. The summed E-state index contributed by atoms with van der Waals surface area (Å²) in [5.41, 5.74) is 4.09. The zero-order valence-electron chi connectivity index (χ0n) is 14.1. The van der Waals surface area contributed by atoms with E-state index in [9.17, 15) is 4.79 Å². The molecule has 1 aromatic heterocycles. The third-order valence-corrected chi connectivity index (χ3v) is 3.85. The maximum absolute atomic E-state index is 15.0. The average Bonchev–Trinajstić information content (AvgIpc) is 2.98. The van der Waals surface area contributed by atoms with Crippen molar-refractivity contribution in [3.8, 4) is 0 Å². The fraction of sp³-hybridized carbons (Fsp3) is 0.222. The van der Waals surface area contributed by atoms with E-state index < -0.39 is 11.7 Å². The summed E-state index contributed by atoms with van der Waals surface area (Å²) in [5.74, 6) is -0.777. The first-order valence-electron chi connectivity index (χ1n) is 7.86. The maximum atomic E-state index is 15.0. The van der Waals surface area contributed by atoms with Crippen LogP contribution in [-0.2, 0) is 4.84 Å². The molecule has 0 radical (unpaired) electrons. The summed E-state index contributed by atoms with van der Waals surface area (Å²) in [6.07, 6.45) is 0. The van der Waals surface area contributed by atoms with Crippen molar-refractivity contribution in [3.05, 3.63) is 53.0 Å². The summed E-state index contributed by atoms with van der Waals surface area (Å²) in [7, 11) is 0. The van der Waals surface area contributed by atoms with Gasteiger partial charge in [-0.3, -0.25) is 9.63 Å². The number of para-hydroxylation sites is 1. The number of hydroxylamine groups is 1. The number of anilines is 2. The highest BCUT2D eigenvalue weighted by molar-refractivity contribution is 6.04. The lowest BCUT2D eigenvalue weighted by Gasteiger charge is -2.15. The zero-order valence-corrected chi connectivity index (χ0v) is 14.1. The molecular weight excluding hydrogens is 325 g/mol. The highest BCUT2D eigenvalue weighted by atomic mass is 19.1. The molecule has 1 heterocycles. The number of hydrogen-bond donors (Lipinski definition) is 2. The van der Waals surface area contributed by atoms with E-state index in [1.165, 1.54) is 0 Å². The minimum absolute atomic E-state index is 0.0207. The van der Waals surface area contributed by atoms with Crippen molar-refractivity contribution in [3.63, 3.8) is 0 Å². The van der Waals surface area contributed by atoms with Crippen LogP contribution in [0, 0.1) is 19.7 Å². The van der Waals surface area contributed by atoms with Gasteiger partial charge in [0.05, 0.1) is 17.9 Å². The molecule has 1 amide bonds. The largest absolute Gasteiger partial charge is 0.360 e. The van der Waals surface area contributed by atoms with Gasteiger partial charge in [0.1, 0.15) is 5.76 Å². The van der Waals surface area contributed by atoms with Crippen LogP contribution in [0.1, 0.15) is 28.6 Å². The standard InChI is InChI=1S/C18H18FN3O3/c1-4-24-22-18(23)13-9-12-11(3)25-21-17(12)15(19)16(13)20-14-8-6-5-7-10(14)2/h5-9,20H,4H2,1-3H3,(H,22,23). The van der Waals surface area contributed by atoms with Crippen LogP contribution in [0.4, 0.5) is 15.8 Å². The number of carbonyl (C=O) groups is 1. The topological polar surface area (TPSA) is 76.4 Å². The van der Waals surface area contributed by atoms with Crippen molar-refractivity contribution < 1.29 is 18.5 Å². The number of nitrogens with one attached hydrogen (secondary N) is 2. The number of aromatic nitrogens is 1. The summed E-state index contributed by atoms with van der Waals surface area (Å²) in [5, 5.41) is 7.19. The molecule has 7 heteroatoms. The third-order valence-electron chi connectivity index (χ3n) is 3.85. The number of halogens is 1. The summed E-state index contributed by atoms with van der Waals surface area (Å²) < 4.78 is 20.1. The highest BCUT2D eigenvalue weighted by Crippen LogP contribution is 2.33. The van der Waals surface area contributed by atoms with Crippen LogP contribution < -0.4 is 10.8 Å². The Labute approximate surface area is 143 Å². The fourth-order valence-electron chi connectivity index (χ4n) is 2.50. The highest BCUT2D eigenvalue weighted by Gasteiger charge is 2.23. The van der Waals surface area contributed by atoms with Crippen LogP contribution in [0.2, 0.25) is 0 Å². The monoisotopic (exact) mass is 343 g/mol. The lowest BCUT2D eigenvalue weighted by molar-refractivity contribution is 0.0365. The minimum Gasteiger partial charge on any atom is -0.360 e. The summed E-state index contributed by atoms with van der Waals surface area (Å²) >= 11 is 0. The van der Waals surface area contributed by atoms with Gasteiger partial charge in [0.15, 0.2) is 11.3 Å². The smallest absolute Gasteiger partial charge is 0.277 e. The van der Waals surface area contributed by atoms with Gasteiger partial charge in [0.25, 0.3) is 5.91 Å². The number of fused-ring (bicyclic) bond motifs is 1. The Kier molecular flexibility index (Phi) is 4.67. The molecule has 0 bridgehead atoms. The van der Waals surface area contributed by atoms with Crippen LogP contribution in [0.15, 0.2) is 34.9 Å². The number of nitrogens with zero attached hydrogens (tertiary/aromatic N) is 1. The molecule has 0 fully saturated rings. The van der Waals surface area contributed by atoms with Crippen molar-refractivity contribution in [2.45, 2.75) is 20.8 Å². The quantitative estimate of drug-likeness (QED) is 0.685. The van der Waals surface area contributed by atoms with Gasteiger partial charge in [0, 0.05) is 11.1 Å². The number of hydrogen-bond acceptors (Lipinski definition) is 5. The molecule has 0 atom stereocenters. The van der Waals surface area contributed by atoms with Crippen LogP contribution >= 0.6 is 0 Å². The van der Waals surface area contributed by atoms with Gasteiger partial charge in [-0.05, 0) is 38.5 Å². The molecule has 0 saturated heterocycles. The average molecular weight is 343 g/mol. The number of aryl methyl sites for hydroxylation is 2. The van der Waals surface area contributed by atoms with Crippen LogP contribution in [0.3, 0.4) is 0 Å². The van der Waals surface area contributed by atoms with Crippen LogP contribution in [0.25, 0.3) is 10.9 Å². The second-order valence-electron chi connectivity index (χ2n) is 5.55. The molecule has 0 saturated carbocycles. The van der Waals surface area contributed by atoms with E-state index in [0.717, 1.165) is 5.56 Å². The Morgan fingerprint density at radius 2 is 2.08 bits per heavy atom. The second kappa shape index (κ2) is 6.90. The van der Waals surface area contributed by atoms with Gasteiger partial charge in [-0.15, -0.1) is 0 Å². The molecule has 25 heavy (non-hydrogen) atoms. The van der Waals surface area contributed by atoms with Crippen LogP contribution in [0.5, 0.6) is 0 Å². The van der Waals surface area contributed by atoms with E-state index in [4.69, 9.17) is 9.36 Å². The second-order valence-corrected chi connectivity index (χ2v) is 5.55. The van der Waals surface area contributed by atoms with Gasteiger partial charge < -0.3 is 9.84 Å². The predicted molar refractivity (Wildman–Crippen MR) is 92.3 cm³/mol. The number of amides is 1. The Hall–Kier alpha value is -2.93. The van der Waals surface area contributed by atoms with E-state index in [1.54, 1.807) is 26.0 Å². The molecule has 0 spiro atoms. The van der Waals surface area contributed by atoms with Crippen LogP contribution in [-0.4, -0.2) is 17.7 Å². The molecule has 0 aliphatic rings. The molecule has 2 N–H and O–H groups in total. The lowest BCUT2D eigenvalue weighted by Crippen LogP contribution is -2.25. The Morgan fingerprint density at radius 1 is 1.32 bits per heavy atom. The molecule has 3 aromatic rings.